The topological polar surface area (TPSA) is 67.2 Å². The summed E-state index contributed by atoms with van der Waals surface area (Å²) >= 11 is 4.91. The van der Waals surface area contributed by atoms with Gasteiger partial charge in [-0.15, -0.1) is 0 Å². The molecule has 2 N–H and O–H groups in total. The molecule has 0 spiro atoms. The van der Waals surface area contributed by atoms with Gasteiger partial charge in [-0.1, -0.05) is 0 Å². The number of rotatable bonds is 1. The summed E-state index contributed by atoms with van der Waals surface area (Å²) in [6.07, 6.45) is 0. The first-order chi connectivity index (χ1) is 6.66. The highest BCUT2D eigenvalue weighted by Crippen LogP contribution is 2.23. The fourth-order valence-electron chi connectivity index (χ4n) is 1.30. The Morgan fingerprint density at radius 1 is 1.50 bits per heavy atom. The van der Waals surface area contributed by atoms with E-state index in [-0.39, 0.29) is 5.69 Å². The lowest BCUT2D eigenvalue weighted by Crippen LogP contribution is -2.33. The Hall–Kier alpha value is -1.69. The number of non-ortho nitro benzene ring substituents is 1. The van der Waals surface area contributed by atoms with Crippen LogP contribution in [0, 0.1) is 10.1 Å². The van der Waals surface area contributed by atoms with Gasteiger partial charge in [-0.3, -0.25) is 10.1 Å². The Morgan fingerprint density at radius 2 is 2.29 bits per heavy atom. The third-order valence-electron chi connectivity index (χ3n) is 1.99. The zero-order valence-electron chi connectivity index (χ0n) is 7.11. The van der Waals surface area contributed by atoms with Crippen LogP contribution in [-0.4, -0.2) is 10.0 Å². The second-order valence-corrected chi connectivity index (χ2v) is 3.31. The molecular weight excluding hydrogens is 202 g/mol. The van der Waals surface area contributed by atoms with E-state index in [0.717, 1.165) is 11.3 Å². The maximum atomic E-state index is 10.5. The minimum Gasteiger partial charge on any atom is -0.358 e. The molecule has 0 saturated heterocycles. The van der Waals surface area contributed by atoms with Gasteiger partial charge in [-0.05, 0) is 18.3 Å². The molecule has 0 aromatic heterocycles. The quantitative estimate of drug-likeness (QED) is 0.415. The summed E-state index contributed by atoms with van der Waals surface area (Å²) in [6.45, 7) is 0.531. The number of hydrogen-bond acceptors (Lipinski definition) is 3. The van der Waals surface area contributed by atoms with Crippen LogP contribution < -0.4 is 10.6 Å². The third kappa shape index (κ3) is 1.51. The summed E-state index contributed by atoms with van der Waals surface area (Å²) in [7, 11) is 0. The molecule has 0 unspecified atom stereocenters. The van der Waals surface area contributed by atoms with Crippen molar-refractivity contribution in [2.75, 3.05) is 5.32 Å². The van der Waals surface area contributed by atoms with Crippen LogP contribution in [0.15, 0.2) is 18.2 Å². The van der Waals surface area contributed by atoms with Crippen LogP contribution in [0.3, 0.4) is 0 Å². The van der Waals surface area contributed by atoms with Crippen molar-refractivity contribution in [1.82, 2.24) is 5.32 Å². The number of nitrogens with zero attached hydrogens (tertiary/aromatic N) is 1. The molecule has 0 bridgehead atoms. The highest BCUT2D eigenvalue weighted by Gasteiger charge is 2.14. The van der Waals surface area contributed by atoms with Crippen molar-refractivity contribution in [2.45, 2.75) is 6.54 Å². The monoisotopic (exact) mass is 209 g/mol. The van der Waals surface area contributed by atoms with Crippen LogP contribution in [0.5, 0.6) is 0 Å². The molecule has 1 aliphatic rings. The molecule has 0 radical (unpaired) electrons. The van der Waals surface area contributed by atoms with E-state index >= 15 is 0 Å². The van der Waals surface area contributed by atoms with E-state index in [0.29, 0.717) is 11.7 Å². The fraction of sp³-hybridized carbons (Fsp3) is 0.125. The predicted octanol–water partition coefficient (Wildman–Crippen LogP) is 1.39. The average Bonchev–Trinajstić information content (AvgIpc) is 2.16. The Kier molecular flexibility index (Phi) is 2.05. The highest BCUT2D eigenvalue weighted by molar-refractivity contribution is 7.80. The minimum atomic E-state index is -0.410. The minimum absolute atomic E-state index is 0.0974. The van der Waals surface area contributed by atoms with Crippen molar-refractivity contribution in [3.8, 4) is 0 Å². The Balaban J connectivity index is 2.41. The summed E-state index contributed by atoms with van der Waals surface area (Å²) in [5, 5.41) is 16.9. The van der Waals surface area contributed by atoms with Gasteiger partial charge in [0.25, 0.3) is 5.69 Å². The summed E-state index contributed by atoms with van der Waals surface area (Å²) in [6, 6.07) is 4.66. The zero-order chi connectivity index (χ0) is 10.1. The summed E-state index contributed by atoms with van der Waals surface area (Å²) in [5.74, 6) is 0. The van der Waals surface area contributed by atoms with E-state index in [2.05, 4.69) is 10.6 Å². The van der Waals surface area contributed by atoms with Gasteiger partial charge in [0, 0.05) is 29.9 Å². The Bertz CT molecular complexity index is 419. The van der Waals surface area contributed by atoms with Gasteiger partial charge in [0.1, 0.15) is 0 Å². The number of anilines is 1. The number of nitro benzene ring substituents is 1. The van der Waals surface area contributed by atoms with Crippen molar-refractivity contribution in [3.63, 3.8) is 0 Å². The molecule has 0 aliphatic carbocycles. The van der Waals surface area contributed by atoms with E-state index in [1.807, 2.05) is 0 Å². The second kappa shape index (κ2) is 3.22. The first kappa shape index (κ1) is 8.89. The Morgan fingerprint density at radius 3 is 3.00 bits per heavy atom. The lowest BCUT2D eigenvalue weighted by molar-refractivity contribution is -0.384. The molecule has 14 heavy (non-hydrogen) atoms. The molecule has 1 aliphatic heterocycles. The lowest BCUT2D eigenvalue weighted by atomic mass is 10.1. The molecule has 72 valence electrons. The van der Waals surface area contributed by atoms with Crippen LogP contribution in [-0.2, 0) is 6.54 Å². The van der Waals surface area contributed by atoms with Gasteiger partial charge in [0.15, 0.2) is 5.11 Å². The van der Waals surface area contributed by atoms with Gasteiger partial charge >= 0.3 is 0 Å². The number of nitro groups is 1. The SMILES string of the molecule is O=[N+]([O-])c1ccc2c(c1)CNC(=S)N2. The van der Waals surface area contributed by atoms with Crippen molar-refractivity contribution in [3.05, 3.63) is 33.9 Å². The molecule has 1 aromatic rings. The number of thiocarbonyl (C=S) groups is 1. The van der Waals surface area contributed by atoms with E-state index in [1.165, 1.54) is 12.1 Å². The largest absolute Gasteiger partial charge is 0.358 e. The molecule has 1 aromatic carbocycles. The normalized spacial score (nSPS) is 13.9. The second-order valence-electron chi connectivity index (χ2n) is 2.91. The van der Waals surface area contributed by atoms with E-state index < -0.39 is 4.92 Å². The third-order valence-corrected chi connectivity index (χ3v) is 2.23. The van der Waals surface area contributed by atoms with Crippen molar-refractivity contribution in [2.24, 2.45) is 0 Å². The maximum Gasteiger partial charge on any atom is 0.269 e. The molecule has 2 rings (SSSR count). The number of fused-ring (bicyclic) bond motifs is 1. The van der Waals surface area contributed by atoms with E-state index in [4.69, 9.17) is 12.2 Å². The molecule has 1 heterocycles. The maximum absolute atomic E-state index is 10.5. The van der Waals surface area contributed by atoms with Crippen LogP contribution in [0.25, 0.3) is 0 Å². The van der Waals surface area contributed by atoms with Crippen LogP contribution >= 0.6 is 12.2 Å². The first-order valence-electron chi connectivity index (χ1n) is 3.99. The van der Waals surface area contributed by atoms with Gasteiger partial charge in [0.05, 0.1) is 4.92 Å². The molecule has 5 nitrogen and oxygen atoms in total. The van der Waals surface area contributed by atoms with Gasteiger partial charge < -0.3 is 10.6 Å². The lowest BCUT2D eigenvalue weighted by Gasteiger charge is -2.19. The smallest absolute Gasteiger partial charge is 0.269 e. The molecule has 0 amide bonds. The highest BCUT2D eigenvalue weighted by atomic mass is 32.1. The molecule has 0 fully saturated rings. The number of benzene rings is 1. The predicted molar refractivity (Wildman–Crippen MR) is 56.2 cm³/mol. The average molecular weight is 209 g/mol. The molecular formula is C8H7N3O2S. The number of nitrogens with one attached hydrogen (secondary N) is 2. The van der Waals surface area contributed by atoms with Crippen molar-refractivity contribution >= 4 is 28.7 Å². The molecule has 0 saturated carbocycles. The van der Waals surface area contributed by atoms with Crippen molar-refractivity contribution in [1.29, 1.82) is 0 Å². The van der Waals surface area contributed by atoms with Crippen LogP contribution in [0.2, 0.25) is 0 Å². The summed E-state index contributed by atoms with van der Waals surface area (Å²) in [5.41, 5.74) is 1.78. The van der Waals surface area contributed by atoms with Gasteiger partial charge in [-0.2, -0.15) is 0 Å². The number of hydrogen-bond donors (Lipinski definition) is 2. The van der Waals surface area contributed by atoms with Crippen LogP contribution in [0.4, 0.5) is 11.4 Å². The van der Waals surface area contributed by atoms with E-state index in [9.17, 15) is 10.1 Å². The fourth-order valence-corrected chi connectivity index (χ4v) is 1.49. The van der Waals surface area contributed by atoms with Crippen LogP contribution in [0.1, 0.15) is 5.56 Å². The molecule has 0 atom stereocenters. The Labute approximate surface area is 85.3 Å². The summed E-state index contributed by atoms with van der Waals surface area (Å²) in [4.78, 5) is 10.1. The van der Waals surface area contributed by atoms with Gasteiger partial charge in [-0.25, -0.2) is 0 Å². The van der Waals surface area contributed by atoms with Gasteiger partial charge in [0.2, 0.25) is 0 Å². The first-order valence-corrected chi connectivity index (χ1v) is 4.40. The molecule has 6 heteroatoms. The standard InChI is InChI=1S/C8H7N3O2S/c12-11(13)6-1-2-7-5(3-6)4-9-8(14)10-7/h1-3H,4H2,(H2,9,10,14). The van der Waals surface area contributed by atoms with E-state index in [1.54, 1.807) is 6.07 Å². The summed E-state index contributed by atoms with van der Waals surface area (Å²) < 4.78 is 0. The van der Waals surface area contributed by atoms with Crippen molar-refractivity contribution < 1.29 is 4.92 Å². The zero-order valence-corrected chi connectivity index (χ0v) is 7.93.